The number of carbonyl (C=O) groups excluding carboxylic acids is 3. The van der Waals surface area contributed by atoms with Gasteiger partial charge in [-0.2, -0.15) is 0 Å². The van der Waals surface area contributed by atoms with Crippen molar-refractivity contribution in [3.63, 3.8) is 0 Å². The molecule has 1 N–H and O–H groups in total. The van der Waals surface area contributed by atoms with E-state index in [1.807, 2.05) is 13.8 Å². The first-order valence-electron chi connectivity index (χ1n) is 8.94. The Morgan fingerprint density at radius 2 is 1.63 bits per heavy atom. The number of hydrogen-bond donors (Lipinski definition) is 1. The van der Waals surface area contributed by atoms with Crippen LogP contribution in [0.3, 0.4) is 0 Å². The fourth-order valence-corrected chi connectivity index (χ4v) is 2.52. The molecule has 0 saturated heterocycles. The molecule has 0 unspecified atom stereocenters. The lowest BCUT2D eigenvalue weighted by molar-refractivity contribution is -0.136. The molecule has 0 aromatic heterocycles. The Bertz CT molecular complexity index is 646. The standard InChI is InChI=1S/C19H30N4O4/c1-6-23(7-2)19(26)14-21(3)13-18(25)22(4)12-17(24)20-15-9-8-10-16(11-15)27-5/h8-11H,6-7,12-14H2,1-5H3,(H,20,24). The number of rotatable bonds is 10. The molecule has 0 atom stereocenters. The summed E-state index contributed by atoms with van der Waals surface area (Å²) in [6, 6.07) is 6.99. The van der Waals surface area contributed by atoms with Crippen molar-refractivity contribution in [3.8, 4) is 5.75 Å². The summed E-state index contributed by atoms with van der Waals surface area (Å²) in [7, 11) is 4.83. The van der Waals surface area contributed by atoms with Crippen LogP contribution in [0, 0.1) is 0 Å². The summed E-state index contributed by atoms with van der Waals surface area (Å²) in [5.74, 6) is 0.0806. The summed E-state index contributed by atoms with van der Waals surface area (Å²) < 4.78 is 5.11. The molecule has 0 fully saturated rings. The molecule has 0 aliphatic heterocycles. The SMILES string of the molecule is CCN(CC)C(=O)CN(C)CC(=O)N(C)CC(=O)Nc1cccc(OC)c1. The Balaban J connectivity index is 2.48. The van der Waals surface area contributed by atoms with E-state index >= 15 is 0 Å². The molecule has 0 spiro atoms. The molecule has 0 bridgehead atoms. The number of anilines is 1. The van der Waals surface area contributed by atoms with Gasteiger partial charge < -0.3 is 19.9 Å². The topological polar surface area (TPSA) is 82.2 Å². The zero-order valence-corrected chi connectivity index (χ0v) is 16.8. The van der Waals surface area contributed by atoms with E-state index in [0.29, 0.717) is 24.5 Å². The van der Waals surface area contributed by atoms with Gasteiger partial charge in [-0.1, -0.05) is 6.07 Å². The van der Waals surface area contributed by atoms with E-state index in [1.165, 1.54) is 4.90 Å². The Morgan fingerprint density at radius 1 is 1.00 bits per heavy atom. The Kier molecular flexibility index (Phi) is 9.29. The number of amides is 3. The highest BCUT2D eigenvalue weighted by Crippen LogP contribution is 2.16. The largest absolute Gasteiger partial charge is 0.497 e. The predicted molar refractivity (Wildman–Crippen MR) is 105 cm³/mol. The smallest absolute Gasteiger partial charge is 0.243 e. The van der Waals surface area contributed by atoms with Gasteiger partial charge in [-0.25, -0.2) is 0 Å². The van der Waals surface area contributed by atoms with Gasteiger partial charge >= 0.3 is 0 Å². The first kappa shape index (κ1) is 22.4. The number of likely N-dealkylation sites (N-methyl/N-ethyl adjacent to an activating group) is 3. The van der Waals surface area contributed by atoms with Gasteiger partial charge in [0.05, 0.1) is 26.7 Å². The van der Waals surface area contributed by atoms with E-state index in [0.717, 1.165) is 0 Å². The van der Waals surface area contributed by atoms with Crippen molar-refractivity contribution in [2.45, 2.75) is 13.8 Å². The summed E-state index contributed by atoms with van der Waals surface area (Å²) >= 11 is 0. The van der Waals surface area contributed by atoms with Crippen LogP contribution in [0.1, 0.15) is 13.8 Å². The quantitative estimate of drug-likeness (QED) is 0.654. The average Bonchev–Trinajstić information content (AvgIpc) is 2.62. The second-order valence-corrected chi connectivity index (χ2v) is 6.27. The minimum Gasteiger partial charge on any atom is -0.497 e. The van der Waals surface area contributed by atoms with Gasteiger partial charge in [-0.3, -0.25) is 19.3 Å². The number of ether oxygens (including phenoxy) is 1. The minimum absolute atomic E-state index is 0.0197. The number of benzene rings is 1. The van der Waals surface area contributed by atoms with Crippen molar-refractivity contribution < 1.29 is 19.1 Å². The third-order valence-electron chi connectivity index (χ3n) is 4.09. The zero-order chi connectivity index (χ0) is 20.4. The number of methoxy groups -OCH3 is 1. The van der Waals surface area contributed by atoms with Crippen molar-refractivity contribution in [3.05, 3.63) is 24.3 Å². The van der Waals surface area contributed by atoms with E-state index in [2.05, 4.69) is 5.32 Å². The van der Waals surface area contributed by atoms with Gasteiger partial charge in [0, 0.05) is 31.9 Å². The Hall–Kier alpha value is -2.61. The van der Waals surface area contributed by atoms with Gasteiger partial charge in [0.2, 0.25) is 17.7 Å². The lowest BCUT2D eigenvalue weighted by Crippen LogP contribution is -2.44. The third-order valence-corrected chi connectivity index (χ3v) is 4.09. The Morgan fingerprint density at radius 3 is 2.22 bits per heavy atom. The normalized spacial score (nSPS) is 10.4. The average molecular weight is 378 g/mol. The first-order chi connectivity index (χ1) is 12.8. The lowest BCUT2D eigenvalue weighted by Gasteiger charge is -2.24. The van der Waals surface area contributed by atoms with E-state index < -0.39 is 0 Å². The van der Waals surface area contributed by atoms with Crippen LogP contribution < -0.4 is 10.1 Å². The summed E-state index contributed by atoms with van der Waals surface area (Å²) in [5.41, 5.74) is 0.599. The van der Waals surface area contributed by atoms with Gasteiger partial charge in [-0.05, 0) is 33.0 Å². The van der Waals surface area contributed by atoms with E-state index in [1.54, 1.807) is 55.3 Å². The van der Waals surface area contributed by atoms with Crippen molar-refractivity contribution >= 4 is 23.4 Å². The number of nitrogens with zero attached hydrogens (tertiary/aromatic N) is 3. The molecule has 0 saturated carbocycles. The van der Waals surface area contributed by atoms with Crippen LogP contribution in [0.5, 0.6) is 5.75 Å². The predicted octanol–water partition coefficient (Wildman–Crippen LogP) is 0.892. The molecule has 8 heteroatoms. The van der Waals surface area contributed by atoms with Crippen LogP contribution in [0.15, 0.2) is 24.3 Å². The second kappa shape index (κ2) is 11.2. The highest BCUT2D eigenvalue weighted by molar-refractivity contribution is 5.94. The van der Waals surface area contributed by atoms with Crippen LogP contribution in [0.2, 0.25) is 0 Å². The van der Waals surface area contributed by atoms with E-state index in [4.69, 9.17) is 4.74 Å². The summed E-state index contributed by atoms with van der Waals surface area (Å²) in [5, 5.41) is 2.73. The number of hydrogen-bond acceptors (Lipinski definition) is 5. The summed E-state index contributed by atoms with van der Waals surface area (Å²) in [6.45, 7) is 5.27. The number of nitrogens with one attached hydrogen (secondary N) is 1. The number of carbonyl (C=O) groups is 3. The molecule has 8 nitrogen and oxygen atoms in total. The van der Waals surface area contributed by atoms with Crippen molar-refractivity contribution in [1.29, 1.82) is 0 Å². The third kappa shape index (κ3) is 7.65. The van der Waals surface area contributed by atoms with Crippen LogP contribution in [0.4, 0.5) is 5.69 Å². The second-order valence-electron chi connectivity index (χ2n) is 6.27. The summed E-state index contributed by atoms with van der Waals surface area (Å²) in [4.78, 5) is 41.2. The molecule has 0 heterocycles. The van der Waals surface area contributed by atoms with Crippen molar-refractivity contribution in [2.24, 2.45) is 0 Å². The molecule has 1 rings (SSSR count). The van der Waals surface area contributed by atoms with Crippen LogP contribution >= 0.6 is 0 Å². The highest BCUT2D eigenvalue weighted by atomic mass is 16.5. The van der Waals surface area contributed by atoms with Crippen molar-refractivity contribution in [2.75, 3.05) is 59.2 Å². The molecule has 0 aliphatic rings. The molecule has 27 heavy (non-hydrogen) atoms. The maximum atomic E-state index is 12.3. The van der Waals surface area contributed by atoms with Gasteiger partial charge in [0.25, 0.3) is 0 Å². The molecule has 0 radical (unpaired) electrons. The maximum absolute atomic E-state index is 12.3. The summed E-state index contributed by atoms with van der Waals surface area (Å²) in [6.07, 6.45) is 0. The van der Waals surface area contributed by atoms with Crippen molar-refractivity contribution in [1.82, 2.24) is 14.7 Å². The fourth-order valence-electron chi connectivity index (χ4n) is 2.52. The van der Waals surface area contributed by atoms with Gasteiger partial charge in [0.15, 0.2) is 0 Å². The minimum atomic E-state index is -0.305. The Labute approximate surface area is 161 Å². The van der Waals surface area contributed by atoms with Crippen LogP contribution in [-0.4, -0.2) is 86.4 Å². The molecular formula is C19H30N4O4. The molecule has 3 amide bonds. The zero-order valence-electron chi connectivity index (χ0n) is 16.8. The molecule has 0 aliphatic carbocycles. The van der Waals surface area contributed by atoms with E-state index in [9.17, 15) is 14.4 Å². The van der Waals surface area contributed by atoms with Crippen LogP contribution in [-0.2, 0) is 14.4 Å². The molecular weight excluding hydrogens is 348 g/mol. The molecule has 150 valence electrons. The van der Waals surface area contributed by atoms with Crippen LogP contribution in [0.25, 0.3) is 0 Å². The maximum Gasteiger partial charge on any atom is 0.243 e. The monoisotopic (exact) mass is 378 g/mol. The highest BCUT2D eigenvalue weighted by Gasteiger charge is 2.18. The molecule has 1 aromatic carbocycles. The van der Waals surface area contributed by atoms with E-state index in [-0.39, 0.29) is 37.4 Å². The lowest BCUT2D eigenvalue weighted by atomic mass is 10.3. The molecule has 1 aromatic rings. The van der Waals surface area contributed by atoms with Gasteiger partial charge in [-0.15, -0.1) is 0 Å². The first-order valence-corrected chi connectivity index (χ1v) is 8.94. The fraction of sp³-hybridized carbons (Fsp3) is 0.526. The van der Waals surface area contributed by atoms with Gasteiger partial charge in [0.1, 0.15) is 5.75 Å².